The van der Waals surface area contributed by atoms with E-state index in [1.54, 1.807) is 24.3 Å². The molecule has 2 aromatic carbocycles. The second-order valence-corrected chi connectivity index (χ2v) is 7.33. The molecule has 0 fully saturated rings. The van der Waals surface area contributed by atoms with Crippen molar-refractivity contribution < 1.29 is 22.6 Å². The molecule has 0 aliphatic rings. The van der Waals surface area contributed by atoms with Crippen molar-refractivity contribution in [3.05, 3.63) is 46.4 Å². The predicted molar refractivity (Wildman–Crippen MR) is 98.2 cm³/mol. The predicted octanol–water partition coefficient (Wildman–Crippen LogP) is 2.79. The first-order valence-electron chi connectivity index (χ1n) is 7.01. The van der Waals surface area contributed by atoms with Crippen LogP contribution in [-0.2, 0) is 10.0 Å². The van der Waals surface area contributed by atoms with Crippen molar-refractivity contribution in [3.8, 4) is 17.2 Å². The number of hydrogen-bond acceptors (Lipinski definition) is 6. The Bertz CT molecular complexity index is 867. The number of sulfonamides is 1. The summed E-state index contributed by atoms with van der Waals surface area (Å²) in [5.74, 6) is 1.43. The molecule has 1 N–H and O–H groups in total. The van der Waals surface area contributed by atoms with Gasteiger partial charge in [-0.3, -0.25) is 0 Å². The minimum absolute atomic E-state index is 0.104. The lowest BCUT2D eigenvalue weighted by Crippen LogP contribution is -2.18. The zero-order valence-corrected chi connectivity index (χ0v) is 16.2. The van der Waals surface area contributed by atoms with Gasteiger partial charge in [-0.15, -0.1) is 0 Å². The van der Waals surface area contributed by atoms with Gasteiger partial charge in [0.2, 0.25) is 0 Å². The van der Waals surface area contributed by atoms with Crippen LogP contribution >= 0.6 is 15.9 Å². The number of hydrogen-bond donors (Lipinski definition) is 1. The topological polar surface area (TPSA) is 86.2 Å². The molecule has 0 amide bonds. The third-order valence-electron chi connectivity index (χ3n) is 3.24. The summed E-state index contributed by atoms with van der Waals surface area (Å²) in [6.07, 6.45) is 1.33. The number of benzene rings is 2. The zero-order valence-electron chi connectivity index (χ0n) is 13.8. The molecule has 0 atom stereocenters. The van der Waals surface area contributed by atoms with Crippen LogP contribution in [0.15, 0.2) is 50.9 Å². The fourth-order valence-electron chi connectivity index (χ4n) is 1.99. The molecule has 134 valence electrons. The Morgan fingerprint density at radius 2 is 1.52 bits per heavy atom. The van der Waals surface area contributed by atoms with Crippen LogP contribution < -0.4 is 19.0 Å². The Hall–Kier alpha value is -2.26. The van der Waals surface area contributed by atoms with Crippen molar-refractivity contribution in [3.63, 3.8) is 0 Å². The van der Waals surface area contributed by atoms with E-state index in [9.17, 15) is 8.42 Å². The molecule has 0 saturated carbocycles. The van der Waals surface area contributed by atoms with Crippen LogP contribution in [0.4, 0.5) is 0 Å². The molecule has 7 nitrogen and oxygen atoms in total. The van der Waals surface area contributed by atoms with Crippen LogP contribution in [0.1, 0.15) is 5.56 Å². The van der Waals surface area contributed by atoms with Crippen LogP contribution in [0.25, 0.3) is 0 Å². The normalized spacial score (nSPS) is 11.4. The van der Waals surface area contributed by atoms with Crippen molar-refractivity contribution in [2.45, 2.75) is 4.90 Å². The highest BCUT2D eigenvalue weighted by Crippen LogP contribution is 2.33. The number of halogens is 1. The third kappa shape index (κ3) is 4.64. The maximum atomic E-state index is 12.2. The molecule has 2 rings (SSSR count). The van der Waals surface area contributed by atoms with Crippen LogP contribution in [0.2, 0.25) is 0 Å². The Balaban J connectivity index is 2.25. The first-order chi connectivity index (χ1) is 11.9. The van der Waals surface area contributed by atoms with Crippen molar-refractivity contribution in [1.82, 2.24) is 4.83 Å². The van der Waals surface area contributed by atoms with Crippen LogP contribution in [0.3, 0.4) is 0 Å². The van der Waals surface area contributed by atoms with Gasteiger partial charge in [0.25, 0.3) is 10.0 Å². The maximum absolute atomic E-state index is 12.2. The Morgan fingerprint density at radius 1 is 0.960 bits per heavy atom. The number of nitrogens with zero attached hydrogens (tertiary/aromatic N) is 1. The van der Waals surface area contributed by atoms with E-state index in [2.05, 4.69) is 25.9 Å². The molecule has 0 unspecified atom stereocenters. The highest BCUT2D eigenvalue weighted by molar-refractivity contribution is 9.10. The van der Waals surface area contributed by atoms with E-state index in [1.165, 1.54) is 39.7 Å². The molecule has 0 aliphatic carbocycles. The molecule has 25 heavy (non-hydrogen) atoms. The standard InChI is InChI=1S/C16H17BrN2O5S/c1-22-14-9-16(24-3)15(23-2)8-11(14)10-18-19-25(20,21)13-6-4-12(17)5-7-13/h4-10,19H,1-3H3/b18-10+. The van der Waals surface area contributed by atoms with E-state index in [4.69, 9.17) is 14.2 Å². The van der Waals surface area contributed by atoms with Gasteiger partial charge in [0.15, 0.2) is 11.5 Å². The van der Waals surface area contributed by atoms with Crippen LogP contribution in [-0.4, -0.2) is 36.0 Å². The minimum atomic E-state index is -3.76. The van der Waals surface area contributed by atoms with Crippen molar-refractivity contribution in [1.29, 1.82) is 0 Å². The molecule has 0 aliphatic heterocycles. The quantitative estimate of drug-likeness (QED) is 0.541. The zero-order chi connectivity index (χ0) is 18.4. The van der Waals surface area contributed by atoms with Crippen molar-refractivity contribution in [2.75, 3.05) is 21.3 Å². The van der Waals surface area contributed by atoms with Crippen molar-refractivity contribution >= 4 is 32.2 Å². The summed E-state index contributed by atoms with van der Waals surface area (Å²) >= 11 is 3.26. The fourth-order valence-corrected chi connectivity index (χ4v) is 3.04. The molecule has 0 aromatic heterocycles. The van der Waals surface area contributed by atoms with Crippen molar-refractivity contribution in [2.24, 2.45) is 5.10 Å². The molecular formula is C16H17BrN2O5S. The molecular weight excluding hydrogens is 412 g/mol. The van der Waals surface area contributed by atoms with E-state index >= 15 is 0 Å². The summed E-state index contributed by atoms with van der Waals surface area (Å²) in [7, 11) is 0.743. The van der Waals surface area contributed by atoms with E-state index in [0.29, 0.717) is 22.8 Å². The third-order valence-corrected chi connectivity index (χ3v) is 5.00. The Labute approximate surface area is 154 Å². The Morgan fingerprint density at radius 3 is 2.08 bits per heavy atom. The molecule has 0 saturated heterocycles. The highest BCUT2D eigenvalue weighted by atomic mass is 79.9. The molecule has 9 heteroatoms. The smallest absolute Gasteiger partial charge is 0.276 e. The van der Waals surface area contributed by atoms with E-state index in [0.717, 1.165) is 4.47 Å². The van der Waals surface area contributed by atoms with Gasteiger partial charge in [-0.05, 0) is 30.3 Å². The second-order valence-electron chi connectivity index (χ2n) is 4.76. The molecule has 2 aromatic rings. The average Bonchev–Trinajstić information content (AvgIpc) is 2.61. The Kier molecular flexibility index (Phi) is 6.27. The van der Waals surface area contributed by atoms with Gasteiger partial charge in [0.1, 0.15) is 5.75 Å². The molecule has 0 heterocycles. The molecule has 0 bridgehead atoms. The SMILES string of the molecule is COc1cc(OC)c(OC)cc1/C=N/NS(=O)(=O)c1ccc(Br)cc1. The van der Waals surface area contributed by atoms with Gasteiger partial charge >= 0.3 is 0 Å². The molecule has 0 spiro atoms. The summed E-state index contributed by atoms with van der Waals surface area (Å²) in [6.45, 7) is 0. The van der Waals surface area contributed by atoms with Gasteiger partial charge < -0.3 is 14.2 Å². The number of rotatable bonds is 7. The summed E-state index contributed by atoms with van der Waals surface area (Å²) < 4.78 is 40.8. The van der Waals surface area contributed by atoms with Gasteiger partial charge in [-0.1, -0.05) is 15.9 Å². The van der Waals surface area contributed by atoms with E-state index in [1.807, 2.05) is 0 Å². The van der Waals surface area contributed by atoms with Gasteiger partial charge in [0.05, 0.1) is 32.4 Å². The maximum Gasteiger partial charge on any atom is 0.276 e. The van der Waals surface area contributed by atoms with Crippen LogP contribution in [0.5, 0.6) is 17.2 Å². The largest absolute Gasteiger partial charge is 0.496 e. The second kappa shape index (κ2) is 8.21. The summed E-state index contributed by atoms with van der Waals surface area (Å²) in [4.78, 5) is 2.26. The number of ether oxygens (including phenoxy) is 3. The highest BCUT2D eigenvalue weighted by Gasteiger charge is 2.13. The first-order valence-corrected chi connectivity index (χ1v) is 9.29. The minimum Gasteiger partial charge on any atom is -0.496 e. The average molecular weight is 429 g/mol. The number of methoxy groups -OCH3 is 3. The van der Waals surface area contributed by atoms with E-state index in [-0.39, 0.29) is 4.90 Å². The summed E-state index contributed by atoms with van der Waals surface area (Å²) in [5, 5.41) is 3.80. The number of nitrogens with one attached hydrogen (secondary N) is 1. The fraction of sp³-hybridized carbons (Fsp3) is 0.188. The monoisotopic (exact) mass is 428 g/mol. The first kappa shape index (κ1) is 19.1. The van der Waals surface area contributed by atoms with Gasteiger partial charge in [-0.2, -0.15) is 13.5 Å². The summed E-state index contributed by atoms with van der Waals surface area (Å²) in [6, 6.07) is 9.47. The van der Waals surface area contributed by atoms with Gasteiger partial charge in [0, 0.05) is 16.1 Å². The van der Waals surface area contributed by atoms with Crippen LogP contribution in [0, 0.1) is 0 Å². The molecule has 0 radical (unpaired) electrons. The lowest BCUT2D eigenvalue weighted by Gasteiger charge is -2.11. The summed E-state index contributed by atoms with van der Waals surface area (Å²) in [5.41, 5.74) is 0.527. The van der Waals surface area contributed by atoms with Gasteiger partial charge in [-0.25, -0.2) is 4.83 Å². The lowest BCUT2D eigenvalue weighted by atomic mass is 10.2. The number of hydrazone groups is 1. The van der Waals surface area contributed by atoms with E-state index < -0.39 is 10.0 Å². The lowest BCUT2D eigenvalue weighted by molar-refractivity contribution is 0.349.